The number of benzene rings is 2. The predicted molar refractivity (Wildman–Crippen MR) is 86.0 cm³/mol. The number of hydrogen-bond acceptors (Lipinski definition) is 4. The third kappa shape index (κ3) is 3.24. The van der Waals surface area contributed by atoms with Crippen molar-refractivity contribution in [1.82, 2.24) is 10.2 Å². The Labute approximate surface area is 136 Å². The molecule has 2 aromatic carbocycles. The zero-order valence-corrected chi connectivity index (χ0v) is 12.7. The molecule has 0 unspecified atom stereocenters. The van der Waals surface area contributed by atoms with Gasteiger partial charge in [-0.05, 0) is 37.3 Å². The Kier molecular flexibility index (Phi) is 4.24. The number of carbonyl (C=O) groups is 2. The number of aromatic nitrogens is 2. The van der Waals surface area contributed by atoms with Gasteiger partial charge in [0.15, 0.2) is 11.8 Å². The van der Waals surface area contributed by atoms with Crippen LogP contribution in [0.15, 0.2) is 48.5 Å². The van der Waals surface area contributed by atoms with Gasteiger partial charge in [-0.15, -0.1) is 0 Å². The van der Waals surface area contributed by atoms with Crippen molar-refractivity contribution in [3.05, 3.63) is 60.0 Å². The van der Waals surface area contributed by atoms with Crippen LogP contribution in [0.1, 0.15) is 17.4 Å². The maximum atomic E-state index is 12.8. The van der Waals surface area contributed by atoms with Crippen molar-refractivity contribution in [3.63, 3.8) is 0 Å². The number of anilines is 1. The lowest BCUT2D eigenvalue weighted by molar-refractivity contribution is -0.123. The molecule has 1 atom stereocenters. The quantitative estimate of drug-likeness (QED) is 0.722. The minimum absolute atomic E-state index is 0.118. The van der Waals surface area contributed by atoms with Crippen LogP contribution in [0, 0.1) is 5.82 Å². The molecule has 0 radical (unpaired) electrons. The second kappa shape index (κ2) is 6.49. The molecule has 0 aliphatic heterocycles. The highest BCUT2D eigenvalue weighted by Crippen LogP contribution is 2.17. The van der Waals surface area contributed by atoms with E-state index in [1.165, 1.54) is 31.2 Å². The molecule has 0 spiro atoms. The minimum atomic E-state index is -1.03. The maximum absolute atomic E-state index is 12.8. The molecule has 1 heterocycles. The van der Waals surface area contributed by atoms with Gasteiger partial charge in [0.2, 0.25) is 0 Å². The Balaban J connectivity index is 1.67. The first-order valence-electron chi connectivity index (χ1n) is 7.25. The van der Waals surface area contributed by atoms with E-state index in [2.05, 4.69) is 15.5 Å². The van der Waals surface area contributed by atoms with Gasteiger partial charge in [0.1, 0.15) is 5.82 Å². The van der Waals surface area contributed by atoms with E-state index in [9.17, 15) is 14.0 Å². The zero-order valence-electron chi connectivity index (χ0n) is 12.7. The molecule has 1 aromatic heterocycles. The predicted octanol–water partition coefficient (Wildman–Crippen LogP) is 2.89. The Morgan fingerprint density at radius 1 is 1.17 bits per heavy atom. The number of amides is 1. The summed E-state index contributed by atoms with van der Waals surface area (Å²) in [5, 5.41) is 9.82. The number of carbonyl (C=O) groups excluding carboxylic acids is 2. The topological polar surface area (TPSA) is 84.1 Å². The maximum Gasteiger partial charge on any atom is 0.360 e. The molecule has 0 saturated carbocycles. The number of nitrogens with zero attached hydrogens (tertiary/aromatic N) is 1. The molecule has 24 heavy (non-hydrogen) atoms. The van der Waals surface area contributed by atoms with Crippen molar-refractivity contribution in [2.75, 3.05) is 5.32 Å². The van der Waals surface area contributed by atoms with Crippen molar-refractivity contribution < 1.29 is 18.7 Å². The normalized spacial score (nSPS) is 11.9. The first-order valence-corrected chi connectivity index (χ1v) is 7.25. The van der Waals surface area contributed by atoms with E-state index in [-0.39, 0.29) is 5.69 Å². The third-order valence-corrected chi connectivity index (χ3v) is 3.43. The number of hydrogen-bond donors (Lipinski definition) is 2. The largest absolute Gasteiger partial charge is 0.448 e. The summed E-state index contributed by atoms with van der Waals surface area (Å²) in [6.45, 7) is 1.45. The summed E-state index contributed by atoms with van der Waals surface area (Å²) in [7, 11) is 0. The number of H-pyrrole nitrogens is 1. The van der Waals surface area contributed by atoms with Crippen LogP contribution in [0.3, 0.4) is 0 Å². The number of fused-ring (bicyclic) bond motifs is 1. The van der Waals surface area contributed by atoms with Crippen LogP contribution in [-0.2, 0) is 9.53 Å². The van der Waals surface area contributed by atoms with Gasteiger partial charge in [-0.2, -0.15) is 5.10 Å². The summed E-state index contributed by atoms with van der Waals surface area (Å²) in [5.74, 6) is -1.62. The average molecular weight is 327 g/mol. The third-order valence-electron chi connectivity index (χ3n) is 3.43. The van der Waals surface area contributed by atoms with Crippen molar-refractivity contribution >= 4 is 28.5 Å². The average Bonchev–Trinajstić information content (AvgIpc) is 3.01. The molecule has 1 amide bonds. The summed E-state index contributed by atoms with van der Waals surface area (Å²) in [6.07, 6.45) is -1.03. The fourth-order valence-corrected chi connectivity index (χ4v) is 2.17. The Hall–Kier alpha value is -3.22. The van der Waals surface area contributed by atoms with Crippen LogP contribution >= 0.6 is 0 Å². The Morgan fingerprint density at radius 2 is 1.88 bits per heavy atom. The monoisotopic (exact) mass is 327 g/mol. The van der Waals surface area contributed by atoms with Crippen molar-refractivity contribution in [3.8, 4) is 0 Å². The Bertz CT molecular complexity index is 889. The van der Waals surface area contributed by atoms with Crippen LogP contribution in [0.4, 0.5) is 10.1 Å². The number of halogens is 1. The molecular formula is C17H14FN3O3. The van der Waals surface area contributed by atoms with Gasteiger partial charge in [-0.3, -0.25) is 9.89 Å². The number of para-hydroxylation sites is 1. The summed E-state index contributed by atoms with van der Waals surface area (Å²) in [4.78, 5) is 24.3. The van der Waals surface area contributed by atoms with Crippen LogP contribution in [0.5, 0.6) is 0 Å². The molecule has 0 fully saturated rings. The van der Waals surface area contributed by atoms with Gasteiger partial charge in [-0.25, -0.2) is 9.18 Å². The van der Waals surface area contributed by atoms with E-state index in [0.717, 1.165) is 0 Å². The number of nitrogens with one attached hydrogen (secondary N) is 2. The number of ether oxygens (including phenoxy) is 1. The van der Waals surface area contributed by atoms with Crippen LogP contribution in [-0.4, -0.2) is 28.2 Å². The number of aromatic amines is 1. The highest BCUT2D eigenvalue weighted by molar-refractivity contribution is 6.03. The van der Waals surface area contributed by atoms with E-state index in [4.69, 9.17) is 4.74 Å². The summed E-state index contributed by atoms with van der Waals surface area (Å²) in [5.41, 5.74) is 1.23. The van der Waals surface area contributed by atoms with Gasteiger partial charge < -0.3 is 10.1 Å². The molecule has 7 heteroatoms. The Morgan fingerprint density at radius 3 is 2.62 bits per heavy atom. The van der Waals surface area contributed by atoms with E-state index >= 15 is 0 Å². The van der Waals surface area contributed by atoms with Crippen LogP contribution in [0.2, 0.25) is 0 Å². The number of rotatable bonds is 4. The minimum Gasteiger partial charge on any atom is -0.448 e. The van der Waals surface area contributed by atoms with Crippen molar-refractivity contribution in [2.45, 2.75) is 13.0 Å². The molecule has 122 valence electrons. The summed E-state index contributed by atoms with van der Waals surface area (Å²) in [6, 6.07) is 12.4. The highest BCUT2D eigenvalue weighted by Gasteiger charge is 2.22. The second-order valence-corrected chi connectivity index (χ2v) is 5.16. The summed E-state index contributed by atoms with van der Waals surface area (Å²) < 4.78 is 18.0. The molecule has 6 nitrogen and oxygen atoms in total. The first kappa shape index (κ1) is 15.7. The first-order chi connectivity index (χ1) is 11.5. The molecule has 0 aliphatic rings. The molecule has 0 bridgehead atoms. The molecule has 0 aliphatic carbocycles. The molecule has 3 rings (SSSR count). The highest BCUT2D eigenvalue weighted by atomic mass is 19.1. The number of esters is 1. The lowest BCUT2D eigenvalue weighted by Crippen LogP contribution is -2.30. The lowest BCUT2D eigenvalue weighted by Gasteiger charge is -2.12. The van der Waals surface area contributed by atoms with Gasteiger partial charge in [-0.1, -0.05) is 18.2 Å². The van der Waals surface area contributed by atoms with E-state index in [0.29, 0.717) is 16.6 Å². The van der Waals surface area contributed by atoms with Gasteiger partial charge >= 0.3 is 5.97 Å². The molecule has 3 aromatic rings. The molecular weight excluding hydrogens is 313 g/mol. The second-order valence-electron chi connectivity index (χ2n) is 5.16. The van der Waals surface area contributed by atoms with E-state index < -0.39 is 23.8 Å². The van der Waals surface area contributed by atoms with Crippen molar-refractivity contribution in [2.24, 2.45) is 0 Å². The van der Waals surface area contributed by atoms with Crippen LogP contribution in [0.25, 0.3) is 10.9 Å². The smallest absolute Gasteiger partial charge is 0.360 e. The van der Waals surface area contributed by atoms with E-state index in [1.807, 2.05) is 6.07 Å². The van der Waals surface area contributed by atoms with E-state index in [1.54, 1.807) is 18.2 Å². The molecule has 0 saturated heterocycles. The standard InChI is InChI=1S/C17H14FN3O3/c1-10(16(22)19-12-8-6-11(18)7-9-12)24-17(23)15-13-4-2-3-5-14(13)20-21-15/h2-10H,1H3,(H,19,22)(H,20,21)/t10-/m1/s1. The van der Waals surface area contributed by atoms with Gasteiger partial charge in [0.05, 0.1) is 5.52 Å². The fraction of sp³-hybridized carbons (Fsp3) is 0.118. The zero-order chi connectivity index (χ0) is 17.1. The van der Waals surface area contributed by atoms with Crippen molar-refractivity contribution in [1.29, 1.82) is 0 Å². The summed E-state index contributed by atoms with van der Waals surface area (Å²) >= 11 is 0. The van der Waals surface area contributed by atoms with Gasteiger partial charge in [0.25, 0.3) is 5.91 Å². The SMILES string of the molecule is C[C@@H](OC(=O)c1n[nH]c2ccccc12)C(=O)Nc1ccc(F)cc1. The van der Waals surface area contributed by atoms with Gasteiger partial charge in [0, 0.05) is 11.1 Å². The van der Waals surface area contributed by atoms with Crippen LogP contribution < -0.4 is 5.32 Å². The lowest BCUT2D eigenvalue weighted by atomic mass is 10.2. The fourth-order valence-electron chi connectivity index (χ4n) is 2.17. The molecule has 2 N–H and O–H groups in total.